The number of carbonyl (C=O) groups is 1. The fraction of sp³-hybridized carbons (Fsp3) is 0.344. The fourth-order valence-electron chi connectivity index (χ4n) is 5.24. The van der Waals surface area contributed by atoms with Crippen LogP contribution in [-0.4, -0.2) is 64.8 Å². The fourth-order valence-corrected chi connectivity index (χ4v) is 5.24. The smallest absolute Gasteiger partial charge is 0.271 e. The first-order valence-electron chi connectivity index (χ1n) is 14.0. The van der Waals surface area contributed by atoms with Crippen LogP contribution in [0.2, 0.25) is 0 Å². The van der Waals surface area contributed by atoms with Crippen LogP contribution in [0.15, 0.2) is 79.0 Å². The van der Waals surface area contributed by atoms with E-state index in [2.05, 4.69) is 20.2 Å². The van der Waals surface area contributed by atoms with Crippen molar-refractivity contribution in [2.24, 2.45) is 0 Å². The second-order valence-electron chi connectivity index (χ2n) is 10.4. The lowest BCUT2D eigenvalue weighted by Gasteiger charge is -2.39. The SMILES string of the molecule is O=C(NCc1ccc([C@@H]2O[C@H](CN3CCOCC3)C[C@H](c3ccc(CO)cc3)O2)cc1)c1cnc2ccccc2n1. The summed E-state index contributed by atoms with van der Waals surface area (Å²) in [5, 5.41) is 12.4. The molecule has 2 N–H and O–H groups in total. The summed E-state index contributed by atoms with van der Waals surface area (Å²) in [6, 6.07) is 23.3. The third-order valence-corrected chi connectivity index (χ3v) is 7.57. The number of morpholine rings is 1. The molecule has 2 aliphatic rings. The van der Waals surface area contributed by atoms with Gasteiger partial charge in [-0.15, -0.1) is 0 Å². The van der Waals surface area contributed by atoms with Crippen LogP contribution < -0.4 is 5.32 Å². The summed E-state index contributed by atoms with van der Waals surface area (Å²) in [7, 11) is 0. The minimum atomic E-state index is -0.520. The molecule has 0 radical (unpaired) electrons. The van der Waals surface area contributed by atoms with E-state index in [0.717, 1.165) is 67.0 Å². The van der Waals surface area contributed by atoms with Gasteiger partial charge in [0.05, 0.1) is 49.3 Å². The molecule has 2 saturated heterocycles. The Balaban J connectivity index is 1.12. The molecule has 41 heavy (non-hydrogen) atoms. The number of para-hydroxylation sites is 2. The first kappa shape index (κ1) is 27.4. The van der Waals surface area contributed by atoms with Gasteiger partial charge in [-0.05, 0) is 28.8 Å². The van der Waals surface area contributed by atoms with Crippen molar-refractivity contribution in [1.29, 1.82) is 0 Å². The van der Waals surface area contributed by atoms with Crippen molar-refractivity contribution >= 4 is 16.9 Å². The molecule has 0 bridgehead atoms. The van der Waals surface area contributed by atoms with Crippen molar-refractivity contribution in [2.45, 2.75) is 38.1 Å². The lowest BCUT2D eigenvalue weighted by atomic mass is 9.99. The molecule has 1 aromatic heterocycles. The molecule has 2 aliphatic heterocycles. The second-order valence-corrected chi connectivity index (χ2v) is 10.4. The van der Waals surface area contributed by atoms with Crippen LogP contribution in [-0.2, 0) is 27.4 Å². The summed E-state index contributed by atoms with van der Waals surface area (Å²) in [5.74, 6) is -0.271. The van der Waals surface area contributed by atoms with E-state index in [1.165, 1.54) is 6.20 Å². The molecule has 2 fully saturated rings. The maximum Gasteiger partial charge on any atom is 0.271 e. The molecular weight excluding hydrogens is 520 g/mol. The van der Waals surface area contributed by atoms with Crippen molar-refractivity contribution in [3.63, 3.8) is 0 Å². The first-order valence-corrected chi connectivity index (χ1v) is 14.0. The van der Waals surface area contributed by atoms with Crippen molar-refractivity contribution in [1.82, 2.24) is 20.2 Å². The predicted molar refractivity (Wildman–Crippen MR) is 153 cm³/mol. The topological polar surface area (TPSA) is 106 Å². The van der Waals surface area contributed by atoms with E-state index in [0.29, 0.717) is 12.1 Å². The summed E-state index contributed by atoms with van der Waals surface area (Å²) in [4.78, 5) is 23.8. The highest BCUT2D eigenvalue weighted by atomic mass is 16.7. The Hall–Kier alpha value is -3.73. The number of fused-ring (bicyclic) bond motifs is 1. The molecular formula is C32H34N4O5. The Morgan fingerprint density at radius 1 is 0.902 bits per heavy atom. The summed E-state index contributed by atoms with van der Waals surface area (Å²) >= 11 is 0. The number of aliphatic hydroxyl groups is 1. The Kier molecular flexibility index (Phi) is 8.60. The van der Waals surface area contributed by atoms with Crippen molar-refractivity contribution in [2.75, 3.05) is 32.8 Å². The molecule has 0 spiro atoms. The number of ether oxygens (including phenoxy) is 3. The molecule has 1 amide bonds. The van der Waals surface area contributed by atoms with E-state index in [4.69, 9.17) is 14.2 Å². The second kappa shape index (κ2) is 12.8. The standard InChI is InChI=1S/C32H34N4O5/c37-21-23-7-9-24(10-8-23)30-17-26(20-36-13-15-39-16-14-36)40-32(41-30)25-11-5-22(6-12-25)18-34-31(38)29-19-33-27-3-1-2-4-28(27)35-29/h1-12,19,26,30,32,37H,13-18,20-21H2,(H,34,38)/t26-,30+,32+/m0/s1. The number of rotatable bonds is 8. The minimum Gasteiger partial charge on any atom is -0.392 e. The van der Waals surface area contributed by atoms with E-state index in [1.54, 1.807) is 0 Å². The summed E-state index contributed by atoms with van der Waals surface area (Å²) in [6.45, 7) is 4.46. The molecule has 3 aromatic carbocycles. The van der Waals surface area contributed by atoms with Crippen LogP contribution in [0.25, 0.3) is 11.0 Å². The largest absolute Gasteiger partial charge is 0.392 e. The van der Waals surface area contributed by atoms with Gasteiger partial charge < -0.3 is 24.6 Å². The molecule has 0 saturated carbocycles. The Morgan fingerprint density at radius 3 is 2.37 bits per heavy atom. The number of nitrogens with one attached hydrogen (secondary N) is 1. The Morgan fingerprint density at radius 2 is 1.61 bits per heavy atom. The van der Waals surface area contributed by atoms with Crippen molar-refractivity contribution in [3.05, 3.63) is 107 Å². The van der Waals surface area contributed by atoms with Gasteiger partial charge >= 0.3 is 0 Å². The van der Waals surface area contributed by atoms with Crippen LogP contribution >= 0.6 is 0 Å². The maximum atomic E-state index is 12.7. The number of nitrogens with zero attached hydrogens (tertiary/aromatic N) is 3. The molecule has 9 heteroatoms. The molecule has 0 unspecified atom stereocenters. The molecule has 6 rings (SSSR count). The van der Waals surface area contributed by atoms with E-state index in [9.17, 15) is 9.90 Å². The molecule has 3 heterocycles. The zero-order chi connectivity index (χ0) is 28.0. The van der Waals surface area contributed by atoms with Gasteiger partial charge in [0.2, 0.25) is 0 Å². The van der Waals surface area contributed by atoms with E-state index in [1.807, 2.05) is 72.8 Å². The van der Waals surface area contributed by atoms with Crippen molar-refractivity contribution < 1.29 is 24.1 Å². The number of aromatic nitrogens is 2. The highest BCUT2D eigenvalue weighted by Crippen LogP contribution is 2.38. The molecule has 0 aliphatic carbocycles. The Labute approximate surface area is 239 Å². The van der Waals surface area contributed by atoms with Crippen LogP contribution in [0.5, 0.6) is 0 Å². The monoisotopic (exact) mass is 554 g/mol. The first-order chi connectivity index (χ1) is 20.1. The normalized spacial score (nSPS) is 21.5. The quantitative estimate of drug-likeness (QED) is 0.338. The van der Waals surface area contributed by atoms with Crippen LogP contribution in [0.1, 0.15) is 51.6 Å². The molecule has 3 atom stereocenters. The van der Waals surface area contributed by atoms with Gasteiger partial charge in [-0.25, -0.2) is 4.98 Å². The predicted octanol–water partition coefficient (Wildman–Crippen LogP) is 3.93. The van der Waals surface area contributed by atoms with Gasteiger partial charge in [0.15, 0.2) is 6.29 Å². The average molecular weight is 555 g/mol. The third-order valence-electron chi connectivity index (χ3n) is 7.57. The lowest BCUT2D eigenvalue weighted by molar-refractivity contribution is -0.253. The molecule has 4 aromatic rings. The van der Waals surface area contributed by atoms with E-state index < -0.39 is 6.29 Å². The zero-order valence-electron chi connectivity index (χ0n) is 22.8. The number of amides is 1. The maximum absolute atomic E-state index is 12.7. The summed E-state index contributed by atoms with van der Waals surface area (Å²) in [5.41, 5.74) is 5.54. The summed E-state index contributed by atoms with van der Waals surface area (Å²) in [6.07, 6.45) is 1.59. The van der Waals surface area contributed by atoms with Gasteiger partial charge in [-0.2, -0.15) is 0 Å². The van der Waals surface area contributed by atoms with E-state index in [-0.39, 0.29) is 30.4 Å². The highest BCUT2D eigenvalue weighted by Gasteiger charge is 2.33. The minimum absolute atomic E-state index is 0.00334. The number of carbonyl (C=O) groups excluding carboxylic acids is 1. The lowest BCUT2D eigenvalue weighted by Crippen LogP contribution is -2.44. The molecule has 9 nitrogen and oxygen atoms in total. The zero-order valence-corrected chi connectivity index (χ0v) is 22.8. The highest BCUT2D eigenvalue weighted by molar-refractivity contribution is 5.93. The number of hydrogen-bond acceptors (Lipinski definition) is 8. The number of benzene rings is 3. The van der Waals surface area contributed by atoms with Gasteiger partial charge in [-0.3, -0.25) is 14.7 Å². The average Bonchev–Trinajstić information content (AvgIpc) is 3.04. The van der Waals surface area contributed by atoms with Crippen LogP contribution in [0, 0.1) is 0 Å². The van der Waals surface area contributed by atoms with Gasteiger partial charge in [0, 0.05) is 38.2 Å². The van der Waals surface area contributed by atoms with E-state index >= 15 is 0 Å². The van der Waals surface area contributed by atoms with Gasteiger partial charge in [0.1, 0.15) is 5.69 Å². The van der Waals surface area contributed by atoms with Gasteiger partial charge in [-0.1, -0.05) is 60.7 Å². The Bertz CT molecular complexity index is 1460. The summed E-state index contributed by atoms with van der Waals surface area (Å²) < 4.78 is 18.5. The number of aliphatic hydroxyl groups excluding tert-OH is 1. The van der Waals surface area contributed by atoms with Crippen molar-refractivity contribution in [3.8, 4) is 0 Å². The van der Waals surface area contributed by atoms with Gasteiger partial charge in [0.25, 0.3) is 5.91 Å². The molecule has 212 valence electrons. The third kappa shape index (κ3) is 6.78. The van der Waals surface area contributed by atoms with Crippen LogP contribution in [0.3, 0.4) is 0 Å². The number of hydrogen-bond donors (Lipinski definition) is 2. The van der Waals surface area contributed by atoms with Crippen LogP contribution in [0.4, 0.5) is 0 Å².